The molecule has 134 valence electrons. The minimum atomic E-state index is -4.37. The summed E-state index contributed by atoms with van der Waals surface area (Å²) in [6.07, 6.45) is 0.144. The summed E-state index contributed by atoms with van der Waals surface area (Å²) in [5, 5.41) is 9.70. The van der Waals surface area contributed by atoms with Crippen molar-refractivity contribution in [3.05, 3.63) is 77.5 Å². The van der Waals surface area contributed by atoms with Crippen molar-refractivity contribution in [1.82, 2.24) is 4.90 Å². The van der Waals surface area contributed by atoms with E-state index in [-0.39, 0.29) is 5.56 Å². The Kier molecular flexibility index (Phi) is 5.03. The number of hydrogen-bond acceptors (Lipinski definition) is 2. The summed E-state index contributed by atoms with van der Waals surface area (Å²) in [6, 6.07) is 17.7. The molecule has 26 heavy (non-hydrogen) atoms. The highest BCUT2D eigenvalue weighted by Crippen LogP contribution is 2.35. The van der Waals surface area contributed by atoms with Crippen LogP contribution in [0.5, 0.6) is 0 Å². The van der Waals surface area contributed by atoms with Gasteiger partial charge in [-0.3, -0.25) is 0 Å². The van der Waals surface area contributed by atoms with Crippen molar-refractivity contribution in [3.8, 4) is 6.07 Å². The molecule has 0 radical (unpaired) electrons. The summed E-state index contributed by atoms with van der Waals surface area (Å²) < 4.78 is 39.2. The lowest BCUT2D eigenvalue weighted by Gasteiger charge is -2.37. The van der Waals surface area contributed by atoms with Crippen LogP contribution in [0.1, 0.15) is 29.5 Å². The van der Waals surface area contributed by atoms with Crippen LogP contribution in [0.15, 0.2) is 60.8 Å². The van der Waals surface area contributed by atoms with Crippen molar-refractivity contribution in [1.29, 1.82) is 5.26 Å². The van der Waals surface area contributed by atoms with Gasteiger partial charge in [0.25, 0.3) is 0 Å². The average Bonchev–Trinajstić information content (AvgIpc) is 2.67. The Labute approximate surface area is 151 Å². The first-order valence-electron chi connectivity index (χ1n) is 8.50. The molecule has 0 aromatic heterocycles. The number of likely N-dealkylation sites (tertiary alicyclic amines) is 1. The number of nitrogens with zero attached hydrogens (tertiary/aromatic N) is 2. The van der Waals surface area contributed by atoms with Crippen LogP contribution in [-0.2, 0) is 11.6 Å². The van der Waals surface area contributed by atoms with Crippen molar-refractivity contribution in [2.45, 2.75) is 24.4 Å². The third kappa shape index (κ3) is 3.75. The van der Waals surface area contributed by atoms with Gasteiger partial charge in [0, 0.05) is 13.1 Å². The number of halogens is 3. The van der Waals surface area contributed by atoms with E-state index in [9.17, 15) is 18.4 Å². The molecule has 2 nitrogen and oxygen atoms in total. The second-order valence-corrected chi connectivity index (χ2v) is 6.50. The Hall–Kier alpha value is -2.74. The number of benzene rings is 2. The maximum atomic E-state index is 13.1. The summed E-state index contributed by atoms with van der Waals surface area (Å²) in [5.41, 5.74) is 0.00722. The molecule has 1 aliphatic heterocycles. The number of rotatable bonds is 3. The molecule has 0 amide bonds. The van der Waals surface area contributed by atoms with Gasteiger partial charge in [0.1, 0.15) is 0 Å². The van der Waals surface area contributed by atoms with E-state index in [4.69, 9.17) is 0 Å². The predicted octanol–water partition coefficient (Wildman–Crippen LogP) is 5.23. The van der Waals surface area contributed by atoms with Gasteiger partial charge in [-0.25, -0.2) is 0 Å². The fraction of sp³-hybridized carbons (Fsp3) is 0.286. The van der Waals surface area contributed by atoms with Gasteiger partial charge in [-0.1, -0.05) is 48.5 Å². The van der Waals surface area contributed by atoms with Gasteiger partial charge < -0.3 is 4.90 Å². The first-order chi connectivity index (χ1) is 12.4. The molecular formula is C21H19F3N2. The van der Waals surface area contributed by atoms with Gasteiger partial charge in [0.15, 0.2) is 0 Å². The summed E-state index contributed by atoms with van der Waals surface area (Å²) in [5.74, 6) is 0. The van der Waals surface area contributed by atoms with E-state index in [1.807, 2.05) is 35.2 Å². The van der Waals surface area contributed by atoms with Crippen molar-refractivity contribution >= 4 is 6.08 Å². The molecule has 0 unspecified atom stereocenters. The molecule has 2 aromatic rings. The average molecular weight is 356 g/mol. The first kappa shape index (κ1) is 18.1. The number of alkyl halides is 3. The Bertz CT molecular complexity index is 811. The predicted molar refractivity (Wildman–Crippen MR) is 95.0 cm³/mol. The van der Waals surface area contributed by atoms with Crippen LogP contribution in [0.3, 0.4) is 0 Å². The van der Waals surface area contributed by atoms with E-state index in [1.54, 1.807) is 12.3 Å². The maximum absolute atomic E-state index is 13.1. The van der Waals surface area contributed by atoms with Crippen LogP contribution in [0.25, 0.3) is 6.08 Å². The number of nitriles is 1. The van der Waals surface area contributed by atoms with Gasteiger partial charge >= 0.3 is 6.18 Å². The summed E-state index contributed by atoms with van der Waals surface area (Å²) in [4.78, 5) is 1.98. The molecular weight excluding hydrogens is 337 g/mol. The van der Waals surface area contributed by atoms with Crippen LogP contribution in [0, 0.1) is 11.3 Å². The van der Waals surface area contributed by atoms with E-state index in [2.05, 4.69) is 6.07 Å². The van der Waals surface area contributed by atoms with Gasteiger partial charge in [0.2, 0.25) is 0 Å². The molecule has 0 aliphatic carbocycles. The van der Waals surface area contributed by atoms with Gasteiger partial charge in [0.05, 0.1) is 17.0 Å². The molecule has 0 spiro atoms. The SMILES string of the molecule is N#CC1(c2ccccc2)CCN(C=Cc2ccccc2C(F)(F)F)CC1. The lowest BCUT2D eigenvalue weighted by atomic mass is 9.74. The smallest absolute Gasteiger partial charge is 0.377 e. The number of hydrogen-bond donors (Lipinski definition) is 0. The topological polar surface area (TPSA) is 27.0 Å². The summed E-state index contributed by atoms with van der Waals surface area (Å²) in [6.45, 7) is 1.26. The summed E-state index contributed by atoms with van der Waals surface area (Å²) in [7, 11) is 0. The Morgan fingerprint density at radius 3 is 2.19 bits per heavy atom. The monoisotopic (exact) mass is 356 g/mol. The quantitative estimate of drug-likeness (QED) is 0.753. The molecule has 0 bridgehead atoms. The molecule has 0 atom stereocenters. The molecule has 0 N–H and O–H groups in total. The first-order valence-corrected chi connectivity index (χ1v) is 8.50. The van der Waals surface area contributed by atoms with Crippen LogP contribution < -0.4 is 0 Å². The fourth-order valence-electron chi connectivity index (χ4n) is 3.36. The Morgan fingerprint density at radius 2 is 1.58 bits per heavy atom. The van der Waals surface area contributed by atoms with E-state index in [0.717, 1.165) is 11.6 Å². The second kappa shape index (κ2) is 7.25. The summed E-state index contributed by atoms with van der Waals surface area (Å²) >= 11 is 0. The highest BCUT2D eigenvalue weighted by atomic mass is 19.4. The molecule has 2 aromatic carbocycles. The molecule has 3 rings (SSSR count). The van der Waals surface area contributed by atoms with E-state index in [1.165, 1.54) is 18.2 Å². The van der Waals surface area contributed by atoms with E-state index < -0.39 is 17.2 Å². The zero-order chi connectivity index (χ0) is 18.6. The molecule has 1 fully saturated rings. The lowest BCUT2D eigenvalue weighted by molar-refractivity contribution is -0.137. The van der Waals surface area contributed by atoms with Gasteiger partial charge in [-0.05, 0) is 42.3 Å². The lowest BCUT2D eigenvalue weighted by Crippen LogP contribution is -2.39. The largest absolute Gasteiger partial charge is 0.416 e. The highest BCUT2D eigenvalue weighted by molar-refractivity contribution is 5.54. The highest BCUT2D eigenvalue weighted by Gasteiger charge is 2.36. The van der Waals surface area contributed by atoms with Crippen molar-refractivity contribution in [3.63, 3.8) is 0 Å². The molecule has 1 aliphatic rings. The minimum Gasteiger partial charge on any atom is -0.377 e. The fourth-order valence-corrected chi connectivity index (χ4v) is 3.36. The normalized spacial score (nSPS) is 17.2. The second-order valence-electron chi connectivity index (χ2n) is 6.50. The van der Waals surface area contributed by atoms with Crippen LogP contribution >= 0.6 is 0 Å². The minimum absolute atomic E-state index is 0.153. The van der Waals surface area contributed by atoms with Crippen LogP contribution in [0.2, 0.25) is 0 Å². The van der Waals surface area contributed by atoms with E-state index in [0.29, 0.717) is 25.9 Å². The van der Waals surface area contributed by atoms with Gasteiger partial charge in [-0.15, -0.1) is 0 Å². The zero-order valence-electron chi connectivity index (χ0n) is 14.2. The number of piperidine rings is 1. The maximum Gasteiger partial charge on any atom is 0.416 e. The van der Waals surface area contributed by atoms with Gasteiger partial charge in [-0.2, -0.15) is 18.4 Å². The van der Waals surface area contributed by atoms with Crippen molar-refractivity contribution < 1.29 is 13.2 Å². The standard InChI is InChI=1S/C21H19F3N2/c22-21(23,24)19-9-5-4-6-17(19)10-13-26-14-11-20(16-25,12-15-26)18-7-2-1-3-8-18/h1-10,13H,11-12,14-15H2. The third-order valence-electron chi connectivity index (χ3n) is 4.92. The van der Waals surface area contributed by atoms with Crippen LogP contribution in [0.4, 0.5) is 13.2 Å². The molecule has 1 heterocycles. The molecule has 1 saturated heterocycles. The molecule has 0 saturated carbocycles. The van der Waals surface area contributed by atoms with E-state index >= 15 is 0 Å². The Morgan fingerprint density at radius 1 is 0.962 bits per heavy atom. The van der Waals surface area contributed by atoms with Crippen LogP contribution in [-0.4, -0.2) is 18.0 Å². The zero-order valence-corrected chi connectivity index (χ0v) is 14.2. The van der Waals surface area contributed by atoms with Crippen molar-refractivity contribution in [2.75, 3.05) is 13.1 Å². The molecule has 5 heteroatoms. The Balaban J connectivity index is 1.72. The van der Waals surface area contributed by atoms with Crippen molar-refractivity contribution in [2.24, 2.45) is 0 Å². The third-order valence-corrected chi connectivity index (χ3v) is 4.92.